The van der Waals surface area contributed by atoms with Crippen LogP contribution in [0.2, 0.25) is 0 Å². The van der Waals surface area contributed by atoms with Crippen LogP contribution in [0.1, 0.15) is 37.0 Å². The summed E-state index contributed by atoms with van der Waals surface area (Å²) >= 11 is 0. The predicted molar refractivity (Wildman–Crippen MR) is 64.8 cm³/mol. The SMILES string of the molecule is CCCC(C)(NC(=O)c1ccccc1F)C(=O)O. The molecule has 4 nitrogen and oxygen atoms in total. The van der Waals surface area contributed by atoms with Gasteiger partial charge in [-0.1, -0.05) is 25.5 Å². The van der Waals surface area contributed by atoms with Crippen molar-refractivity contribution in [3.05, 3.63) is 35.6 Å². The van der Waals surface area contributed by atoms with E-state index in [1.54, 1.807) is 0 Å². The van der Waals surface area contributed by atoms with Gasteiger partial charge in [-0.2, -0.15) is 0 Å². The highest BCUT2D eigenvalue weighted by Gasteiger charge is 2.34. The van der Waals surface area contributed by atoms with Crippen molar-refractivity contribution in [1.82, 2.24) is 5.32 Å². The summed E-state index contributed by atoms with van der Waals surface area (Å²) in [6.45, 7) is 3.23. The average molecular weight is 253 g/mol. The number of carboxylic acid groups (broad SMARTS) is 1. The van der Waals surface area contributed by atoms with Crippen molar-refractivity contribution < 1.29 is 19.1 Å². The number of aliphatic carboxylic acids is 1. The Morgan fingerprint density at radius 3 is 2.50 bits per heavy atom. The molecule has 0 fully saturated rings. The fraction of sp³-hybridized carbons (Fsp3) is 0.385. The summed E-state index contributed by atoms with van der Waals surface area (Å²) in [6.07, 6.45) is 0.878. The summed E-state index contributed by atoms with van der Waals surface area (Å²) in [5.74, 6) is -2.51. The van der Waals surface area contributed by atoms with Crippen LogP contribution < -0.4 is 5.32 Å². The first-order valence-corrected chi connectivity index (χ1v) is 5.71. The Hall–Kier alpha value is -1.91. The summed E-state index contributed by atoms with van der Waals surface area (Å²) in [4.78, 5) is 23.0. The zero-order chi connectivity index (χ0) is 13.8. The maximum Gasteiger partial charge on any atom is 0.329 e. The third-order valence-corrected chi connectivity index (χ3v) is 2.73. The van der Waals surface area contributed by atoms with Gasteiger partial charge in [0.1, 0.15) is 11.4 Å². The Bertz CT molecular complexity index is 461. The number of amides is 1. The maximum absolute atomic E-state index is 13.4. The molecule has 1 atom stereocenters. The Morgan fingerprint density at radius 1 is 1.39 bits per heavy atom. The highest BCUT2D eigenvalue weighted by molar-refractivity contribution is 5.97. The molecule has 18 heavy (non-hydrogen) atoms. The van der Waals surface area contributed by atoms with E-state index in [1.165, 1.54) is 25.1 Å². The summed E-state index contributed by atoms with van der Waals surface area (Å²) in [5.41, 5.74) is -1.53. The van der Waals surface area contributed by atoms with Crippen LogP contribution in [-0.4, -0.2) is 22.5 Å². The molecule has 0 aromatic heterocycles. The lowest BCUT2D eigenvalue weighted by Crippen LogP contribution is -2.52. The smallest absolute Gasteiger partial charge is 0.329 e. The van der Waals surface area contributed by atoms with Gasteiger partial charge in [0.25, 0.3) is 5.91 Å². The number of hydrogen-bond donors (Lipinski definition) is 2. The van der Waals surface area contributed by atoms with Gasteiger partial charge in [0.05, 0.1) is 5.56 Å². The molecule has 0 bridgehead atoms. The summed E-state index contributed by atoms with van der Waals surface area (Å²) in [6, 6.07) is 5.47. The number of carboxylic acids is 1. The highest BCUT2D eigenvalue weighted by Crippen LogP contribution is 2.15. The first kappa shape index (κ1) is 14.2. The van der Waals surface area contributed by atoms with Crippen molar-refractivity contribution in [1.29, 1.82) is 0 Å². The van der Waals surface area contributed by atoms with Gasteiger partial charge in [-0.05, 0) is 25.5 Å². The van der Waals surface area contributed by atoms with Crippen LogP contribution in [-0.2, 0) is 4.79 Å². The molecule has 5 heteroatoms. The fourth-order valence-corrected chi connectivity index (χ4v) is 1.69. The van der Waals surface area contributed by atoms with Gasteiger partial charge < -0.3 is 10.4 Å². The van der Waals surface area contributed by atoms with E-state index in [2.05, 4.69) is 5.32 Å². The Morgan fingerprint density at radius 2 is 2.00 bits per heavy atom. The van der Waals surface area contributed by atoms with E-state index in [9.17, 15) is 14.0 Å². The number of rotatable bonds is 5. The van der Waals surface area contributed by atoms with Gasteiger partial charge in [0, 0.05) is 0 Å². The first-order valence-electron chi connectivity index (χ1n) is 5.71. The van der Waals surface area contributed by atoms with E-state index in [0.717, 1.165) is 6.07 Å². The number of carbonyl (C=O) groups excluding carboxylic acids is 1. The molecule has 0 spiro atoms. The molecule has 0 saturated carbocycles. The molecular formula is C13H16FNO3. The van der Waals surface area contributed by atoms with Crippen molar-refractivity contribution in [2.75, 3.05) is 0 Å². The van der Waals surface area contributed by atoms with Crippen LogP contribution in [0.15, 0.2) is 24.3 Å². The normalized spacial score (nSPS) is 13.7. The van der Waals surface area contributed by atoms with E-state index in [-0.39, 0.29) is 12.0 Å². The standard InChI is InChI=1S/C13H16FNO3/c1-3-8-13(2,12(17)18)15-11(16)9-6-4-5-7-10(9)14/h4-7H,3,8H2,1-2H3,(H,15,16)(H,17,18). The lowest BCUT2D eigenvalue weighted by Gasteiger charge is -2.25. The Kier molecular flexibility index (Phi) is 4.42. The largest absolute Gasteiger partial charge is 0.480 e. The van der Waals surface area contributed by atoms with Crippen LogP contribution in [0.3, 0.4) is 0 Å². The molecular weight excluding hydrogens is 237 g/mol. The van der Waals surface area contributed by atoms with Crippen LogP contribution in [0.5, 0.6) is 0 Å². The molecule has 1 aromatic carbocycles. The second kappa shape index (κ2) is 5.62. The van der Waals surface area contributed by atoms with Gasteiger partial charge in [0.2, 0.25) is 0 Å². The minimum Gasteiger partial charge on any atom is -0.480 e. The molecule has 0 aliphatic rings. The lowest BCUT2D eigenvalue weighted by atomic mass is 9.95. The van der Waals surface area contributed by atoms with Crippen molar-refractivity contribution in [3.63, 3.8) is 0 Å². The molecule has 0 saturated heterocycles. The average Bonchev–Trinajstić information content (AvgIpc) is 2.29. The molecule has 0 radical (unpaired) electrons. The fourth-order valence-electron chi connectivity index (χ4n) is 1.69. The van der Waals surface area contributed by atoms with E-state index in [0.29, 0.717) is 6.42 Å². The topological polar surface area (TPSA) is 66.4 Å². The molecule has 1 unspecified atom stereocenters. The van der Waals surface area contributed by atoms with Crippen molar-refractivity contribution in [2.24, 2.45) is 0 Å². The van der Waals surface area contributed by atoms with Crippen LogP contribution in [0.25, 0.3) is 0 Å². The van der Waals surface area contributed by atoms with Crippen molar-refractivity contribution in [2.45, 2.75) is 32.2 Å². The number of carbonyl (C=O) groups is 2. The second-order valence-electron chi connectivity index (χ2n) is 4.32. The van der Waals surface area contributed by atoms with E-state index < -0.39 is 23.2 Å². The number of hydrogen-bond acceptors (Lipinski definition) is 2. The number of benzene rings is 1. The van der Waals surface area contributed by atoms with Crippen LogP contribution in [0, 0.1) is 5.82 Å². The second-order valence-corrected chi connectivity index (χ2v) is 4.32. The van der Waals surface area contributed by atoms with E-state index >= 15 is 0 Å². The van der Waals surface area contributed by atoms with Crippen molar-refractivity contribution >= 4 is 11.9 Å². The van der Waals surface area contributed by atoms with Crippen LogP contribution >= 0.6 is 0 Å². The number of halogens is 1. The molecule has 1 rings (SSSR count). The summed E-state index contributed by atoms with van der Waals surface area (Å²) < 4.78 is 13.4. The quantitative estimate of drug-likeness (QED) is 0.845. The third kappa shape index (κ3) is 3.06. The minimum atomic E-state index is -1.38. The van der Waals surface area contributed by atoms with Gasteiger partial charge in [-0.25, -0.2) is 9.18 Å². The molecule has 0 aliphatic heterocycles. The summed E-state index contributed by atoms with van der Waals surface area (Å²) in [7, 11) is 0. The van der Waals surface area contributed by atoms with E-state index in [4.69, 9.17) is 5.11 Å². The number of nitrogens with one attached hydrogen (secondary N) is 1. The third-order valence-electron chi connectivity index (χ3n) is 2.73. The minimum absolute atomic E-state index is 0.152. The molecule has 2 N–H and O–H groups in total. The van der Waals surface area contributed by atoms with Gasteiger partial charge in [0.15, 0.2) is 0 Å². The summed E-state index contributed by atoms with van der Waals surface area (Å²) in [5, 5.41) is 11.5. The molecule has 0 aliphatic carbocycles. The molecule has 1 amide bonds. The molecule has 1 aromatic rings. The Balaban J connectivity index is 2.93. The van der Waals surface area contributed by atoms with Crippen LogP contribution in [0.4, 0.5) is 4.39 Å². The zero-order valence-electron chi connectivity index (χ0n) is 10.4. The van der Waals surface area contributed by atoms with E-state index in [1.807, 2.05) is 6.92 Å². The zero-order valence-corrected chi connectivity index (χ0v) is 10.4. The highest BCUT2D eigenvalue weighted by atomic mass is 19.1. The maximum atomic E-state index is 13.4. The Labute approximate surface area is 105 Å². The van der Waals surface area contributed by atoms with Gasteiger partial charge >= 0.3 is 5.97 Å². The predicted octanol–water partition coefficient (Wildman–Crippen LogP) is 2.20. The monoisotopic (exact) mass is 253 g/mol. The lowest BCUT2D eigenvalue weighted by molar-refractivity contribution is -0.144. The molecule has 0 heterocycles. The first-order chi connectivity index (χ1) is 8.40. The van der Waals surface area contributed by atoms with Crippen molar-refractivity contribution in [3.8, 4) is 0 Å². The molecule has 98 valence electrons. The van der Waals surface area contributed by atoms with Gasteiger partial charge in [-0.15, -0.1) is 0 Å². The van der Waals surface area contributed by atoms with Gasteiger partial charge in [-0.3, -0.25) is 4.79 Å².